The third-order valence-electron chi connectivity index (χ3n) is 2.66. The van der Waals surface area contributed by atoms with Crippen molar-refractivity contribution in [2.24, 2.45) is 0 Å². The highest BCUT2D eigenvalue weighted by Crippen LogP contribution is 2.31. The quantitative estimate of drug-likeness (QED) is 0.863. The normalized spacial score (nSPS) is 11.2. The van der Waals surface area contributed by atoms with E-state index in [1.54, 1.807) is 6.92 Å². The number of hydrogen-bond acceptors (Lipinski definition) is 5. The van der Waals surface area contributed by atoms with E-state index in [9.17, 15) is 13.2 Å². The van der Waals surface area contributed by atoms with Crippen LogP contribution < -0.4 is 4.72 Å². The molecule has 0 fully saturated rings. The van der Waals surface area contributed by atoms with E-state index in [-0.39, 0.29) is 4.21 Å². The average molecular weight is 346 g/mol. The number of thiophene rings is 1. The number of anilines is 1. The Kier molecular flexibility index (Phi) is 4.55. The Labute approximate surface area is 131 Å². The third-order valence-corrected chi connectivity index (χ3v) is 6.07. The molecule has 0 atom stereocenters. The first-order valence-electron chi connectivity index (χ1n) is 5.80. The Hall–Kier alpha value is -1.57. The number of carbonyl (C=O) groups excluding carboxylic acids is 1. The fraction of sp³-hybridized carbons (Fsp3) is 0.154. The molecule has 0 aliphatic heterocycles. The first kappa shape index (κ1) is 15.8. The largest absolute Gasteiger partial charge is 0.465 e. The highest BCUT2D eigenvalue weighted by Gasteiger charge is 2.18. The molecule has 0 unspecified atom stereocenters. The van der Waals surface area contributed by atoms with Crippen LogP contribution in [-0.2, 0) is 14.8 Å². The molecule has 0 spiro atoms. The van der Waals surface area contributed by atoms with Gasteiger partial charge in [0.1, 0.15) is 4.21 Å². The number of ether oxygens (including phenoxy) is 1. The van der Waals surface area contributed by atoms with Crippen molar-refractivity contribution in [1.82, 2.24) is 0 Å². The van der Waals surface area contributed by atoms with Crippen LogP contribution in [0.15, 0.2) is 34.5 Å². The second-order valence-corrected chi connectivity index (χ2v) is 7.76. The number of carbonyl (C=O) groups is 1. The Morgan fingerprint density at radius 2 is 1.90 bits per heavy atom. The van der Waals surface area contributed by atoms with Gasteiger partial charge in [0, 0.05) is 5.69 Å². The zero-order chi connectivity index (χ0) is 15.6. The van der Waals surface area contributed by atoms with Gasteiger partial charge in [-0.1, -0.05) is 11.6 Å². The highest BCUT2D eigenvalue weighted by atomic mass is 35.5. The van der Waals surface area contributed by atoms with Crippen LogP contribution in [-0.4, -0.2) is 21.5 Å². The van der Waals surface area contributed by atoms with E-state index in [0.717, 1.165) is 11.3 Å². The van der Waals surface area contributed by atoms with Crippen LogP contribution in [0.1, 0.15) is 15.9 Å². The molecule has 0 aliphatic carbocycles. The molecule has 5 nitrogen and oxygen atoms in total. The molecule has 2 rings (SSSR count). The maximum Gasteiger partial charge on any atom is 0.337 e. The van der Waals surface area contributed by atoms with Gasteiger partial charge in [0.25, 0.3) is 10.0 Å². The number of nitrogens with one attached hydrogen (secondary N) is 1. The first-order valence-corrected chi connectivity index (χ1v) is 8.48. The van der Waals surface area contributed by atoms with Crippen LogP contribution in [0, 0.1) is 6.92 Å². The lowest BCUT2D eigenvalue weighted by Gasteiger charge is -2.06. The summed E-state index contributed by atoms with van der Waals surface area (Å²) in [5.74, 6) is -0.481. The van der Waals surface area contributed by atoms with Crippen LogP contribution in [0.2, 0.25) is 4.34 Å². The van der Waals surface area contributed by atoms with Crippen molar-refractivity contribution in [2.45, 2.75) is 11.1 Å². The number of aryl methyl sites for hydroxylation is 1. The van der Waals surface area contributed by atoms with Gasteiger partial charge in [-0.25, -0.2) is 13.2 Å². The van der Waals surface area contributed by atoms with E-state index in [1.165, 1.54) is 37.4 Å². The van der Waals surface area contributed by atoms with Crippen molar-refractivity contribution >= 4 is 44.6 Å². The summed E-state index contributed by atoms with van der Waals surface area (Å²) in [5, 5.41) is 0. The lowest BCUT2D eigenvalue weighted by molar-refractivity contribution is 0.0601. The van der Waals surface area contributed by atoms with Gasteiger partial charge >= 0.3 is 5.97 Å². The molecule has 1 N–H and O–H groups in total. The van der Waals surface area contributed by atoms with E-state index in [1.807, 2.05) is 0 Å². The molecule has 112 valence electrons. The molecule has 0 radical (unpaired) electrons. The van der Waals surface area contributed by atoms with E-state index < -0.39 is 16.0 Å². The highest BCUT2D eigenvalue weighted by molar-refractivity contribution is 7.94. The van der Waals surface area contributed by atoms with Gasteiger partial charge in [-0.3, -0.25) is 4.72 Å². The Balaban J connectivity index is 2.22. The number of rotatable bonds is 4. The molecule has 0 saturated heterocycles. The maximum atomic E-state index is 12.2. The van der Waals surface area contributed by atoms with Crippen LogP contribution in [0.25, 0.3) is 0 Å². The fourth-order valence-electron chi connectivity index (χ4n) is 1.56. The van der Waals surface area contributed by atoms with Gasteiger partial charge in [-0.15, -0.1) is 11.3 Å². The second kappa shape index (κ2) is 6.05. The Morgan fingerprint density at radius 3 is 2.38 bits per heavy atom. The topological polar surface area (TPSA) is 72.5 Å². The van der Waals surface area contributed by atoms with Gasteiger partial charge < -0.3 is 4.74 Å². The minimum atomic E-state index is -3.69. The molecule has 0 bridgehead atoms. The van der Waals surface area contributed by atoms with Crippen molar-refractivity contribution in [3.05, 3.63) is 45.8 Å². The zero-order valence-corrected chi connectivity index (χ0v) is 13.6. The first-order chi connectivity index (χ1) is 9.83. The van der Waals surface area contributed by atoms with Crippen molar-refractivity contribution in [3.8, 4) is 0 Å². The number of benzene rings is 1. The van der Waals surface area contributed by atoms with Gasteiger partial charge in [0.15, 0.2) is 0 Å². The monoisotopic (exact) mass is 345 g/mol. The number of methoxy groups -OCH3 is 1. The molecule has 1 heterocycles. The summed E-state index contributed by atoms with van der Waals surface area (Å²) in [6.07, 6.45) is 0. The second-order valence-electron chi connectivity index (χ2n) is 4.20. The lowest BCUT2D eigenvalue weighted by atomic mass is 10.2. The van der Waals surface area contributed by atoms with Crippen LogP contribution in [0.3, 0.4) is 0 Å². The summed E-state index contributed by atoms with van der Waals surface area (Å²) in [7, 11) is -2.41. The summed E-state index contributed by atoms with van der Waals surface area (Å²) >= 11 is 6.88. The van der Waals surface area contributed by atoms with E-state index in [2.05, 4.69) is 9.46 Å². The molecule has 8 heteroatoms. The predicted molar refractivity (Wildman–Crippen MR) is 82.7 cm³/mol. The minimum Gasteiger partial charge on any atom is -0.465 e. The summed E-state index contributed by atoms with van der Waals surface area (Å²) in [6, 6.07) is 7.46. The minimum absolute atomic E-state index is 0.141. The van der Waals surface area contributed by atoms with Gasteiger partial charge in [0.05, 0.1) is 17.0 Å². The number of sulfonamides is 1. The molecule has 0 amide bonds. The van der Waals surface area contributed by atoms with Crippen LogP contribution >= 0.6 is 22.9 Å². The molecular formula is C13H12ClNO4S2. The average Bonchev–Trinajstić information content (AvgIpc) is 2.79. The molecule has 0 saturated carbocycles. The van der Waals surface area contributed by atoms with Gasteiger partial charge in [-0.05, 0) is 42.8 Å². The molecule has 0 aliphatic rings. The number of halogens is 1. The van der Waals surface area contributed by atoms with Crippen LogP contribution in [0.4, 0.5) is 5.69 Å². The summed E-state index contributed by atoms with van der Waals surface area (Å²) in [5.41, 5.74) is 1.41. The lowest BCUT2D eigenvalue weighted by Crippen LogP contribution is -2.11. The smallest absolute Gasteiger partial charge is 0.337 e. The number of hydrogen-bond donors (Lipinski definition) is 1. The fourth-order valence-corrected chi connectivity index (χ4v) is 4.33. The summed E-state index contributed by atoms with van der Waals surface area (Å²) < 4.78 is 32.0. The van der Waals surface area contributed by atoms with Crippen molar-refractivity contribution < 1.29 is 17.9 Å². The Bertz CT molecular complexity index is 746. The van der Waals surface area contributed by atoms with E-state index in [4.69, 9.17) is 11.6 Å². The molecule has 1 aromatic carbocycles. The number of esters is 1. The standard InChI is InChI=1S/C13H12ClNO4S2/c1-8-7-11(20-12(8)14)21(17,18)15-10-5-3-9(4-6-10)13(16)19-2/h3-7,15H,1-2H3. The summed E-state index contributed by atoms with van der Waals surface area (Å²) in [6.45, 7) is 1.74. The van der Waals surface area contributed by atoms with Crippen molar-refractivity contribution in [2.75, 3.05) is 11.8 Å². The zero-order valence-electron chi connectivity index (χ0n) is 11.2. The SMILES string of the molecule is COC(=O)c1ccc(NS(=O)(=O)c2cc(C)c(Cl)s2)cc1. The molecule has 21 heavy (non-hydrogen) atoms. The molecule has 1 aromatic heterocycles. The predicted octanol–water partition coefficient (Wildman–Crippen LogP) is 3.30. The third kappa shape index (κ3) is 3.55. The Morgan fingerprint density at radius 1 is 1.29 bits per heavy atom. The van der Waals surface area contributed by atoms with Gasteiger partial charge in [-0.2, -0.15) is 0 Å². The van der Waals surface area contributed by atoms with Crippen LogP contribution in [0.5, 0.6) is 0 Å². The molecule has 2 aromatic rings. The maximum absolute atomic E-state index is 12.2. The van der Waals surface area contributed by atoms with E-state index >= 15 is 0 Å². The van der Waals surface area contributed by atoms with Gasteiger partial charge in [0.2, 0.25) is 0 Å². The van der Waals surface area contributed by atoms with E-state index in [0.29, 0.717) is 21.2 Å². The van der Waals surface area contributed by atoms with Crippen molar-refractivity contribution in [3.63, 3.8) is 0 Å². The summed E-state index contributed by atoms with van der Waals surface area (Å²) in [4.78, 5) is 11.3. The molecular weight excluding hydrogens is 334 g/mol. The van der Waals surface area contributed by atoms with Crippen molar-refractivity contribution in [1.29, 1.82) is 0 Å².